The van der Waals surface area contributed by atoms with Gasteiger partial charge < -0.3 is 0 Å². The fourth-order valence-corrected chi connectivity index (χ4v) is 10.2. The molecule has 29 heavy (non-hydrogen) atoms. The zero-order chi connectivity index (χ0) is 19.3. The Labute approximate surface area is 176 Å². The molecule has 0 heteroatoms. The van der Waals surface area contributed by atoms with E-state index in [1.54, 1.807) is 11.1 Å². The van der Waals surface area contributed by atoms with Crippen LogP contribution < -0.4 is 0 Å². The lowest BCUT2D eigenvalue weighted by Crippen LogP contribution is -2.27. The van der Waals surface area contributed by atoms with Crippen molar-refractivity contribution in [2.75, 3.05) is 0 Å². The summed E-state index contributed by atoms with van der Waals surface area (Å²) in [5.74, 6) is 11.7. The maximum absolute atomic E-state index is 3.86. The van der Waals surface area contributed by atoms with E-state index in [0.29, 0.717) is 0 Å². The van der Waals surface area contributed by atoms with Gasteiger partial charge in [0.2, 0.25) is 0 Å². The molecule has 0 nitrogen and oxygen atoms in total. The fraction of sp³-hybridized carbons (Fsp3) is 0.621. The van der Waals surface area contributed by atoms with Crippen molar-refractivity contribution in [1.82, 2.24) is 0 Å². The minimum atomic E-state index is 0.877. The predicted molar refractivity (Wildman–Crippen MR) is 119 cm³/mol. The topological polar surface area (TPSA) is 0 Å². The number of rotatable bonds is 1. The molecule has 0 aromatic carbocycles. The summed E-state index contributed by atoms with van der Waals surface area (Å²) in [5, 5.41) is 0. The van der Waals surface area contributed by atoms with Crippen molar-refractivity contribution in [1.29, 1.82) is 0 Å². The second kappa shape index (κ2) is 6.01. The van der Waals surface area contributed by atoms with Crippen LogP contribution in [0, 0.1) is 71.0 Å². The molecule has 12 unspecified atom stereocenters. The van der Waals surface area contributed by atoms with Gasteiger partial charge in [-0.25, -0.2) is 0 Å². The summed E-state index contributed by atoms with van der Waals surface area (Å²) >= 11 is 0. The van der Waals surface area contributed by atoms with Crippen molar-refractivity contribution >= 4 is 0 Å². The van der Waals surface area contributed by atoms with Crippen LogP contribution in [0.1, 0.15) is 38.5 Å². The number of hydrogen-bond acceptors (Lipinski definition) is 0. The summed E-state index contributed by atoms with van der Waals surface area (Å²) in [4.78, 5) is 0. The SMILES string of the molecule is C=C/C=C1\CC2CC1C1C3C=CC(C3)C21.C=C=C1CC2CC1C1C3C=CC(C3)C21. The van der Waals surface area contributed by atoms with E-state index in [9.17, 15) is 0 Å². The Hall–Kier alpha value is -1.52. The summed E-state index contributed by atoms with van der Waals surface area (Å²) in [5.41, 5.74) is 6.50. The van der Waals surface area contributed by atoms with Gasteiger partial charge in [0.15, 0.2) is 0 Å². The molecule has 6 fully saturated rings. The van der Waals surface area contributed by atoms with Crippen LogP contribution in [-0.2, 0) is 0 Å². The van der Waals surface area contributed by atoms with E-state index in [2.05, 4.69) is 49.3 Å². The van der Waals surface area contributed by atoms with Crippen molar-refractivity contribution in [2.24, 2.45) is 71.0 Å². The molecule has 150 valence electrons. The average molecular weight is 383 g/mol. The van der Waals surface area contributed by atoms with Crippen molar-refractivity contribution in [3.63, 3.8) is 0 Å². The highest BCUT2D eigenvalue weighted by Gasteiger charge is 2.60. The van der Waals surface area contributed by atoms with Gasteiger partial charge in [0.25, 0.3) is 0 Å². The highest BCUT2D eigenvalue weighted by Crippen LogP contribution is 2.67. The quantitative estimate of drug-likeness (QED) is 0.267. The van der Waals surface area contributed by atoms with Crippen LogP contribution in [0.5, 0.6) is 0 Å². The normalized spacial score (nSPS) is 56.7. The van der Waals surface area contributed by atoms with Crippen LogP contribution in [-0.4, -0.2) is 0 Å². The zero-order valence-electron chi connectivity index (χ0n) is 17.5. The monoisotopic (exact) mass is 382 g/mol. The Kier molecular flexibility index (Phi) is 3.56. The summed E-state index contributed by atoms with van der Waals surface area (Å²) in [6.07, 6.45) is 22.9. The lowest BCUT2D eigenvalue weighted by molar-refractivity contribution is 0.243. The minimum Gasteiger partial charge on any atom is -0.129 e. The maximum Gasteiger partial charge on any atom is -0.00874 e. The number of hydrogen-bond donors (Lipinski definition) is 0. The molecule has 0 heterocycles. The molecule has 0 aromatic heterocycles. The van der Waals surface area contributed by atoms with Crippen molar-refractivity contribution < 1.29 is 0 Å². The van der Waals surface area contributed by atoms with E-state index in [4.69, 9.17) is 0 Å². The van der Waals surface area contributed by atoms with Crippen LogP contribution in [0.15, 0.2) is 66.5 Å². The van der Waals surface area contributed by atoms with E-state index in [1.165, 1.54) is 38.5 Å². The predicted octanol–water partition coefficient (Wildman–Crippen LogP) is 6.75. The minimum absolute atomic E-state index is 0.877. The molecule has 0 N–H and O–H groups in total. The molecule has 8 rings (SSSR count). The van der Waals surface area contributed by atoms with E-state index in [-0.39, 0.29) is 0 Å². The maximum atomic E-state index is 3.86. The van der Waals surface area contributed by atoms with Gasteiger partial charge in [-0.15, -0.1) is 5.73 Å². The molecule has 6 saturated carbocycles. The first-order valence-corrected chi connectivity index (χ1v) is 12.3. The second-order valence-corrected chi connectivity index (χ2v) is 11.5. The average Bonchev–Trinajstić information content (AvgIpc) is 3.57. The first kappa shape index (κ1) is 17.2. The highest BCUT2D eigenvalue weighted by atomic mass is 14.6. The van der Waals surface area contributed by atoms with E-state index >= 15 is 0 Å². The largest absolute Gasteiger partial charge is 0.129 e. The first-order chi connectivity index (χ1) is 14.3. The lowest BCUT2D eigenvalue weighted by atomic mass is 9.71. The van der Waals surface area contributed by atoms with Crippen LogP contribution >= 0.6 is 0 Å². The lowest BCUT2D eigenvalue weighted by Gasteiger charge is -2.33. The van der Waals surface area contributed by atoms with Crippen molar-refractivity contribution in [3.8, 4) is 0 Å². The summed E-state index contributed by atoms with van der Waals surface area (Å²) < 4.78 is 0. The van der Waals surface area contributed by atoms with Gasteiger partial charge in [-0.05, 0) is 115 Å². The molecule has 0 spiro atoms. The molecule has 8 aliphatic carbocycles. The summed E-state index contributed by atoms with van der Waals surface area (Å²) in [6, 6.07) is 0. The molecule has 0 radical (unpaired) electrons. The summed E-state index contributed by atoms with van der Waals surface area (Å²) in [6.45, 7) is 7.71. The summed E-state index contributed by atoms with van der Waals surface area (Å²) in [7, 11) is 0. The van der Waals surface area contributed by atoms with Gasteiger partial charge in [-0.3, -0.25) is 0 Å². The smallest absolute Gasteiger partial charge is 0.00874 e. The highest BCUT2D eigenvalue weighted by molar-refractivity contribution is 5.31. The van der Waals surface area contributed by atoms with E-state index in [0.717, 1.165) is 71.0 Å². The first-order valence-electron chi connectivity index (χ1n) is 12.3. The Morgan fingerprint density at radius 3 is 1.90 bits per heavy atom. The van der Waals surface area contributed by atoms with E-state index < -0.39 is 0 Å². The van der Waals surface area contributed by atoms with Gasteiger partial charge >= 0.3 is 0 Å². The van der Waals surface area contributed by atoms with Gasteiger partial charge in [0.1, 0.15) is 0 Å². The molecular weight excluding hydrogens is 348 g/mol. The Balaban J connectivity index is 0.000000106. The van der Waals surface area contributed by atoms with Gasteiger partial charge in [0.05, 0.1) is 0 Å². The third kappa shape index (κ3) is 2.17. The standard InChI is InChI=1S/C15H18.C14H16/c1-2-3-9-6-12-8-13(9)15-11-5-4-10(7-11)14(12)15;1-2-8-5-11-7-12(8)14-10-4-3-9(6-10)13(11)14/h2-5,10-15H,1,6-8H2;3-4,9-14H,1,5-7H2/b9-3+;. The third-order valence-corrected chi connectivity index (χ3v) is 10.8. The Bertz CT molecular complexity index is 891. The van der Waals surface area contributed by atoms with Gasteiger partial charge in [-0.2, -0.15) is 0 Å². The van der Waals surface area contributed by atoms with Crippen LogP contribution in [0.4, 0.5) is 0 Å². The van der Waals surface area contributed by atoms with Crippen LogP contribution in [0.3, 0.4) is 0 Å². The number of fused-ring (bicyclic) bond motifs is 18. The molecule has 0 amide bonds. The fourth-order valence-electron chi connectivity index (χ4n) is 10.2. The van der Waals surface area contributed by atoms with Crippen molar-refractivity contribution in [3.05, 3.63) is 66.5 Å². The number of allylic oxidation sites excluding steroid dienone is 8. The molecule has 0 saturated heterocycles. The van der Waals surface area contributed by atoms with Gasteiger partial charge in [0, 0.05) is 0 Å². The van der Waals surface area contributed by atoms with Crippen molar-refractivity contribution in [2.45, 2.75) is 38.5 Å². The van der Waals surface area contributed by atoms with E-state index in [1.807, 2.05) is 6.08 Å². The Morgan fingerprint density at radius 1 is 0.724 bits per heavy atom. The zero-order valence-corrected chi connectivity index (χ0v) is 17.5. The molecule has 0 aliphatic heterocycles. The Morgan fingerprint density at radius 2 is 1.28 bits per heavy atom. The van der Waals surface area contributed by atoms with Crippen LogP contribution in [0.25, 0.3) is 0 Å². The molecule has 12 atom stereocenters. The van der Waals surface area contributed by atoms with Gasteiger partial charge in [-0.1, -0.05) is 55.2 Å². The van der Waals surface area contributed by atoms with Crippen LogP contribution in [0.2, 0.25) is 0 Å². The molecular formula is C29H34. The molecule has 0 aromatic rings. The molecule has 8 aliphatic rings. The molecule has 8 bridgehead atoms. The second-order valence-electron chi connectivity index (χ2n) is 11.5. The third-order valence-electron chi connectivity index (χ3n) is 10.8.